The number of hydrogen-bond donors (Lipinski definition) is 3. The molecule has 0 radical (unpaired) electrons. The van der Waals surface area contributed by atoms with Gasteiger partial charge in [-0.2, -0.15) is 0 Å². The molecule has 0 unspecified atom stereocenters. The van der Waals surface area contributed by atoms with Crippen molar-refractivity contribution in [3.05, 3.63) is 64.7 Å². The minimum Gasteiger partial charge on any atom is -0.481 e. The zero-order valence-corrected chi connectivity index (χ0v) is 22.8. The molecule has 37 heavy (non-hydrogen) atoms. The molecule has 1 aliphatic carbocycles. The first-order valence-corrected chi connectivity index (χ1v) is 13.2. The summed E-state index contributed by atoms with van der Waals surface area (Å²) in [5.74, 6) is -0.615. The van der Waals surface area contributed by atoms with Crippen LogP contribution in [0.25, 0.3) is 0 Å². The van der Waals surface area contributed by atoms with Crippen LogP contribution in [-0.4, -0.2) is 40.5 Å². The number of aryl methyl sites for hydroxylation is 2. The van der Waals surface area contributed by atoms with E-state index in [-0.39, 0.29) is 36.4 Å². The number of hydrogen-bond acceptors (Lipinski definition) is 3. The monoisotopic (exact) mass is 507 g/mol. The number of carbonyl (C=O) groups is 3. The maximum absolute atomic E-state index is 13.6. The van der Waals surface area contributed by atoms with Gasteiger partial charge in [-0.25, -0.2) is 4.79 Å². The Morgan fingerprint density at radius 3 is 2.08 bits per heavy atom. The number of urea groups is 1. The van der Waals surface area contributed by atoms with Crippen LogP contribution in [0.15, 0.2) is 42.5 Å². The number of carbonyl (C=O) groups excluding carboxylic acids is 2. The Labute approximate surface area is 220 Å². The van der Waals surface area contributed by atoms with E-state index < -0.39 is 5.97 Å². The maximum Gasteiger partial charge on any atom is 0.322 e. The SMILES string of the molecule is Cc1cc(C)cc(NC(=O)N(Cc2ccc(C(=O)NCCC(=O)O)cc2)C2CCC(C(C)(C)C)CC2)c1. The second-order valence-corrected chi connectivity index (χ2v) is 11.4. The van der Waals surface area contributed by atoms with Crippen molar-refractivity contribution >= 4 is 23.6 Å². The second kappa shape index (κ2) is 12.3. The first-order chi connectivity index (χ1) is 17.4. The van der Waals surface area contributed by atoms with Crippen LogP contribution in [0.1, 0.15) is 79.9 Å². The molecule has 0 spiro atoms. The molecule has 0 aromatic heterocycles. The molecule has 3 N–H and O–H groups in total. The van der Waals surface area contributed by atoms with Gasteiger partial charge in [-0.05, 0) is 91.8 Å². The van der Waals surface area contributed by atoms with Gasteiger partial charge >= 0.3 is 12.0 Å². The lowest BCUT2D eigenvalue weighted by Gasteiger charge is -2.41. The number of rotatable bonds is 8. The zero-order chi connectivity index (χ0) is 27.2. The number of carboxylic acid groups (broad SMARTS) is 1. The second-order valence-electron chi connectivity index (χ2n) is 11.4. The van der Waals surface area contributed by atoms with Gasteiger partial charge < -0.3 is 20.6 Å². The summed E-state index contributed by atoms with van der Waals surface area (Å²) in [4.78, 5) is 38.5. The van der Waals surface area contributed by atoms with Crippen molar-refractivity contribution in [1.29, 1.82) is 0 Å². The van der Waals surface area contributed by atoms with E-state index in [1.807, 2.05) is 43.0 Å². The zero-order valence-electron chi connectivity index (χ0n) is 22.8. The van der Waals surface area contributed by atoms with Gasteiger partial charge in [0.25, 0.3) is 5.91 Å². The molecule has 1 aliphatic rings. The Morgan fingerprint density at radius 1 is 0.946 bits per heavy atom. The van der Waals surface area contributed by atoms with Crippen LogP contribution in [-0.2, 0) is 11.3 Å². The van der Waals surface area contributed by atoms with Crippen molar-refractivity contribution in [1.82, 2.24) is 10.2 Å². The molecule has 7 nitrogen and oxygen atoms in total. The summed E-state index contributed by atoms with van der Waals surface area (Å²) in [6, 6.07) is 13.3. The maximum atomic E-state index is 13.6. The minimum atomic E-state index is -0.952. The Balaban J connectivity index is 1.74. The summed E-state index contributed by atoms with van der Waals surface area (Å²) in [6.45, 7) is 11.5. The van der Waals surface area contributed by atoms with Gasteiger partial charge in [0.05, 0.1) is 6.42 Å². The van der Waals surface area contributed by atoms with Gasteiger partial charge in [0.2, 0.25) is 0 Å². The van der Waals surface area contributed by atoms with Crippen LogP contribution in [0, 0.1) is 25.2 Å². The Bertz CT molecular complexity index is 1080. The van der Waals surface area contributed by atoms with Crippen molar-refractivity contribution < 1.29 is 19.5 Å². The highest BCUT2D eigenvalue weighted by molar-refractivity contribution is 5.94. The van der Waals surface area contributed by atoms with Crippen LogP contribution in [0.5, 0.6) is 0 Å². The van der Waals surface area contributed by atoms with Crippen LogP contribution in [0.2, 0.25) is 0 Å². The van der Waals surface area contributed by atoms with Gasteiger partial charge in [0.15, 0.2) is 0 Å². The third-order valence-electron chi connectivity index (χ3n) is 7.29. The number of amides is 3. The van der Waals surface area contributed by atoms with E-state index in [9.17, 15) is 14.4 Å². The predicted molar refractivity (Wildman–Crippen MR) is 147 cm³/mol. The Kier molecular flexibility index (Phi) is 9.35. The Morgan fingerprint density at radius 2 is 1.54 bits per heavy atom. The molecule has 0 atom stereocenters. The van der Waals surface area contributed by atoms with E-state index in [1.54, 1.807) is 12.1 Å². The molecule has 0 bridgehead atoms. The van der Waals surface area contributed by atoms with E-state index >= 15 is 0 Å². The summed E-state index contributed by atoms with van der Waals surface area (Å²) in [5.41, 5.74) is 4.67. The normalized spacial score (nSPS) is 17.6. The summed E-state index contributed by atoms with van der Waals surface area (Å²) >= 11 is 0. The predicted octanol–water partition coefficient (Wildman–Crippen LogP) is 6.15. The molecule has 1 fully saturated rings. The van der Waals surface area contributed by atoms with E-state index in [4.69, 9.17) is 5.11 Å². The summed E-state index contributed by atoms with van der Waals surface area (Å²) < 4.78 is 0. The third-order valence-corrected chi connectivity index (χ3v) is 7.29. The van der Waals surface area contributed by atoms with Gasteiger partial charge in [-0.15, -0.1) is 0 Å². The molecule has 0 heterocycles. The molecular weight excluding hydrogens is 466 g/mol. The summed E-state index contributed by atoms with van der Waals surface area (Å²) in [7, 11) is 0. The molecule has 1 saturated carbocycles. The number of nitrogens with one attached hydrogen (secondary N) is 2. The highest BCUT2D eigenvalue weighted by atomic mass is 16.4. The van der Waals surface area contributed by atoms with Crippen LogP contribution in [0.3, 0.4) is 0 Å². The lowest BCUT2D eigenvalue weighted by atomic mass is 9.71. The number of anilines is 1. The molecule has 2 aromatic rings. The van der Waals surface area contributed by atoms with Gasteiger partial charge in [-0.3, -0.25) is 9.59 Å². The largest absolute Gasteiger partial charge is 0.481 e. The molecule has 7 heteroatoms. The number of carboxylic acids is 1. The first kappa shape index (κ1) is 28.2. The molecule has 0 aliphatic heterocycles. The molecule has 200 valence electrons. The minimum absolute atomic E-state index is 0.0829. The quantitative estimate of drug-likeness (QED) is 0.399. The molecule has 2 aromatic carbocycles. The number of aliphatic carboxylic acids is 1. The van der Waals surface area contributed by atoms with E-state index in [0.29, 0.717) is 18.0 Å². The number of nitrogens with zero attached hydrogens (tertiary/aromatic N) is 1. The van der Waals surface area contributed by atoms with Crippen LogP contribution >= 0.6 is 0 Å². The lowest BCUT2D eigenvalue weighted by molar-refractivity contribution is -0.136. The van der Waals surface area contributed by atoms with Gasteiger partial charge in [0, 0.05) is 30.4 Å². The average molecular weight is 508 g/mol. The highest BCUT2D eigenvalue weighted by Crippen LogP contribution is 2.39. The van der Waals surface area contributed by atoms with Crippen molar-refractivity contribution in [2.24, 2.45) is 11.3 Å². The molecule has 0 saturated heterocycles. The highest BCUT2D eigenvalue weighted by Gasteiger charge is 2.33. The fraction of sp³-hybridized carbons (Fsp3) is 0.500. The van der Waals surface area contributed by atoms with Crippen molar-refractivity contribution in [2.45, 2.75) is 79.3 Å². The molecule has 3 rings (SSSR count). The summed E-state index contributed by atoms with van der Waals surface area (Å²) in [5, 5.41) is 14.5. The summed E-state index contributed by atoms with van der Waals surface area (Å²) in [6.07, 6.45) is 4.00. The van der Waals surface area contributed by atoms with Gasteiger partial charge in [-0.1, -0.05) is 39.0 Å². The van der Waals surface area contributed by atoms with E-state index in [2.05, 4.69) is 37.5 Å². The molecule has 3 amide bonds. The standard InChI is InChI=1S/C30H41N3O4/c1-20-16-21(2)18-25(17-20)32-29(37)33(26-12-10-24(11-13-26)30(3,4)5)19-22-6-8-23(9-7-22)28(36)31-15-14-27(34)35/h6-9,16-18,24,26H,10-15,19H2,1-5H3,(H,31,36)(H,32,37)(H,34,35). The average Bonchev–Trinajstić information content (AvgIpc) is 2.81. The Hall–Kier alpha value is -3.35. The molecular formula is C30H41N3O4. The number of benzene rings is 2. The van der Waals surface area contributed by atoms with Gasteiger partial charge in [0.1, 0.15) is 0 Å². The fourth-order valence-corrected chi connectivity index (χ4v) is 5.21. The first-order valence-electron chi connectivity index (χ1n) is 13.2. The third kappa shape index (κ3) is 8.34. The van der Waals surface area contributed by atoms with Crippen molar-refractivity contribution in [2.75, 3.05) is 11.9 Å². The van der Waals surface area contributed by atoms with E-state index in [1.165, 1.54) is 0 Å². The lowest BCUT2D eigenvalue weighted by Crippen LogP contribution is -2.45. The van der Waals surface area contributed by atoms with Crippen molar-refractivity contribution in [3.8, 4) is 0 Å². The van der Waals surface area contributed by atoms with Crippen molar-refractivity contribution in [3.63, 3.8) is 0 Å². The van der Waals surface area contributed by atoms with Crippen LogP contribution < -0.4 is 10.6 Å². The fourth-order valence-electron chi connectivity index (χ4n) is 5.21. The van der Waals surface area contributed by atoms with E-state index in [0.717, 1.165) is 48.1 Å². The van der Waals surface area contributed by atoms with Crippen LogP contribution in [0.4, 0.5) is 10.5 Å². The topological polar surface area (TPSA) is 98.7 Å². The smallest absolute Gasteiger partial charge is 0.322 e.